The van der Waals surface area contributed by atoms with Crippen LogP contribution in [0, 0.1) is 0 Å². The Morgan fingerprint density at radius 3 is 1.81 bits per heavy atom. The van der Waals surface area contributed by atoms with E-state index in [1.165, 1.54) is 98.5 Å². The van der Waals surface area contributed by atoms with E-state index in [2.05, 4.69) is 56.8 Å². The van der Waals surface area contributed by atoms with Crippen molar-refractivity contribution in [2.75, 3.05) is 62.2 Å². The second-order valence-electron chi connectivity index (χ2n) is 14.8. The Labute approximate surface area is 338 Å². The van der Waals surface area contributed by atoms with Crippen LogP contribution < -0.4 is 9.80 Å². The molecule has 0 saturated carbocycles. The quantitative estimate of drug-likeness (QED) is 0.216. The summed E-state index contributed by atoms with van der Waals surface area (Å²) in [5.41, 5.74) is 5.77. The Hall–Kier alpha value is -4.61. The maximum Gasteiger partial charge on any atom is 0.269 e. The van der Waals surface area contributed by atoms with Gasteiger partial charge in [-0.3, -0.25) is 29.7 Å². The van der Waals surface area contributed by atoms with Gasteiger partial charge in [0.2, 0.25) is 0 Å². The van der Waals surface area contributed by atoms with Crippen molar-refractivity contribution in [1.29, 1.82) is 0 Å². The fraction of sp³-hybridized carbons (Fsp3) is 0.400. The summed E-state index contributed by atoms with van der Waals surface area (Å²) < 4.78 is 49.0. The fourth-order valence-corrected chi connectivity index (χ4v) is 10.5. The van der Waals surface area contributed by atoms with Gasteiger partial charge in [-0.25, -0.2) is 20.8 Å². The molecule has 1 N–H and O–H groups in total. The van der Waals surface area contributed by atoms with E-state index in [1.807, 2.05) is 18.3 Å². The maximum atomic E-state index is 13.2. The highest BCUT2D eigenvalue weighted by Gasteiger charge is 2.32. The van der Waals surface area contributed by atoms with Crippen molar-refractivity contribution in [3.05, 3.63) is 98.1 Å². The zero-order chi connectivity index (χ0) is 39.4. The summed E-state index contributed by atoms with van der Waals surface area (Å²) in [4.78, 5) is 30.2. The monoisotopic (exact) mass is 830 g/mol. The van der Waals surface area contributed by atoms with Gasteiger partial charge < -0.3 is 14.8 Å². The van der Waals surface area contributed by atoms with Crippen LogP contribution in [0.25, 0.3) is 22.1 Å². The third-order valence-electron chi connectivity index (χ3n) is 11.4. The number of aromatic amines is 1. The molecule has 0 radical (unpaired) electrons. The maximum absolute atomic E-state index is 13.2. The number of H-pyrrole nitrogens is 1. The van der Waals surface area contributed by atoms with Gasteiger partial charge in [-0.2, -0.15) is 0 Å². The minimum atomic E-state index is -3.73. The average Bonchev–Trinajstić information content (AvgIpc) is 3.87. The Morgan fingerprint density at radius 1 is 0.632 bits per heavy atom. The Morgan fingerprint density at radius 2 is 1.21 bits per heavy atom. The SMILES string of the molecule is O=S(=O)(Cl)c1cccnc1.O=S(=O)(c1cccnc1)n1cc(N2CCN3CCCCC3C2)c2ncccc21.c1cnc2c(N3CCN4CCCCC4C3)c[nH]c2c1. The molecule has 2 unspecified atom stereocenters. The van der Waals surface area contributed by atoms with Crippen molar-refractivity contribution in [2.24, 2.45) is 0 Å². The van der Waals surface area contributed by atoms with E-state index in [4.69, 9.17) is 10.7 Å². The second-order valence-corrected chi connectivity index (χ2v) is 19.2. The number of pyridine rings is 4. The molecule has 4 aliphatic heterocycles. The molecule has 2 atom stereocenters. The fourth-order valence-electron chi connectivity index (χ4n) is 8.48. The summed E-state index contributed by atoms with van der Waals surface area (Å²) in [6.07, 6.45) is 21.0. The Balaban J connectivity index is 0.000000135. The lowest BCUT2D eigenvalue weighted by molar-refractivity contribution is 0.133. The average molecular weight is 831 g/mol. The van der Waals surface area contributed by atoms with E-state index in [0.29, 0.717) is 11.6 Å². The smallest absolute Gasteiger partial charge is 0.269 e. The van der Waals surface area contributed by atoms with Crippen LogP contribution in [0.1, 0.15) is 38.5 Å². The van der Waals surface area contributed by atoms with Crippen molar-refractivity contribution in [1.82, 2.24) is 38.7 Å². The molecule has 4 fully saturated rings. The molecule has 0 amide bonds. The van der Waals surface area contributed by atoms with Gasteiger partial charge in [-0.05, 0) is 87.3 Å². The second kappa shape index (κ2) is 17.1. The first-order valence-electron chi connectivity index (χ1n) is 19.5. The molecule has 300 valence electrons. The first-order chi connectivity index (χ1) is 27.7. The molecule has 0 bridgehead atoms. The normalized spacial score (nSPS) is 20.5. The molecule has 14 nitrogen and oxygen atoms in total. The van der Waals surface area contributed by atoms with Gasteiger partial charge >= 0.3 is 0 Å². The Kier molecular flexibility index (Phi) is 11.8. The zero-order valence-corrected chi connectivity index (χ0v) is 34.0. The predicted molar refractivity (Wildman–Crippen MR) is 223 cm³/mol. The highest BCUT2D eigenvalue weighted by Crippen LogP contribution is 2.33. The van der Waals surface area contributed by atoms with Gasteiger partial charge in [0.05, 0.1) is 22.4 Å². The number of aromatic nitrogens is 6. The van der Waals surface area contributed by atoms with Crippen molar-refractivity contribution in [3.8, 4) is 0 Å². The van der Waals surface area contributed by atoms with E-state index >= 15 is 0 Å². The van der Waals surface area contributed by atoms with E-state index in [1.54, 1.807) is 36.8 Å². The summed E-state index contributed by atoms with van der Waals surface area (Å²) in [7, 11) is -2.33. The largest absolute Gasteiger partial charge is 0.366 e. The molecule has 17 heteroatoms. The van der Waals surface area contributed by atoms with E-state index in [0.717, 1.165) is 61.0 Å². The van der Waals surface area contributed by atoms with Crippen LogP contribution in [-0.2, 0) is 19.1 Å². The molecule has 0 spiro atoms. The van der Waals surface area contributed by atoms with Crippen molar-refractivity contribution in [2.45, 2.75) is 60.4 Å². The number of piperidine rings is 2. The summed E-state index contributed by atoms with van der Waals surface area (Å²) in [6, 6.07) is 15.1. The van der Waals surface area contributed by atoms with E-state index in [9.17, 15) is 16.8 Å². The summed E-state index contributed by atoms with van der Waals surface area (Å²) in [5, 5.41) is 0. The molecule has 4 saturated heterocycles. The third-order valence-corrected chi connectivity index (χ3v) is 14.4. The molecule has 10 heterocycles. The lowest BCUT2D eigenvalue weighted by Gasteiger charge is -2.44. The van der Waals surface area contributed by atoms with Crippen molar-refractivity contribution < 1.29 is 16.8 Å². The summed E-state index contributed by atoms with van der Waals surface area (Å²) in [5.74, 6) is 0. The molecule has 0 aromatic carbocycles. The number of halogens is 1. The molecule has 0 aliphatic carbocycles. The number of hydrogen-bond donors (Lipinski definition) is 1. The molecule has 57 heavy (non-hydrogen) atoms. The van der Waals surface area contributed by atoms with Gasteiger partial charge in [0, 0.05) is 112 Å². The molecular formula is C40H47ClN10O4S2. The minimum Gasteiger partial charge on any atom is -0.366 e. The van der Waals surface area contributed by atoms with Crippen LogP contribution in [0.3, 0.4) is 0 Å². The van der Waals surface area contributed by atoms with Crippen LogP contribution in [0.5, 0.6) is 0 Å². The van der Waals surface area contributed by atoms with Crippen LogP contribution in [-0.4, -0.2) is 120 Å². The van der Waals surface area contributed by atoms with Crippen LogP contribution in [0.4, 0.5) is 11.4 Å². The molecular weight excluding hydrogens is 784 g/mol. The number of rotatable bonds is 5. The number of nitrogens with zero attached hydrogens (tertiary/aromatic N) is 9. The highest BCUT2D eigenvalue weighted by molar-refractivity contribution is 8.13. The molecule has 6 aromatic heterocycles. The van der Waals surface area contributed by atoms with E-state index < -0.39 is 19.1 Å². The first-order valence-corrected chi connectivity index (χ1v) is 23.3. The van der Waals surface area contributed by atoms with E-state index in [-0.39, 0.29) is 9.79 Å². The number of fused-ring (bicyclic) bond motifs is 4. The van der Waals surface area contributed by atoms with Crippen LogP contribution >= 0.6 is 10.7 Å². The van der Waals surface area contributed by atoms with Gasteiger partial charge in [-0.1, -0.05) is 12.8 Å². The van der Waals surface area contributed by atoms with Crippen molar-refractivity contribution >= 4 is 63.2 Å². The Bertz CT molecular complexity index is 2500. The lowest BCUT2D eigenvalue weighted by Crippen LogP contribution is -2.54. The summed E-state index contributed by atoms with van der Waals surface area (Å²) >= 11 is 0. The van der Waals surface area contributed by atoms with Crippen LogP contribution in [0.15, 0.2) is 108 Å². The zero-order valence-electron chi connectivity index (χ0n) is 31.6. The molecule has 6 aromatic rings. The number of anilines is 2. The highest BCUT2D eigenvalue weighted by atomic mass is 35.7. The minimum absolute atomic E-state index is 0.0247. The van der Waals surface area contributed by atoms with Gasteiger partial charge in [0.1, 0.15) is 20.8 Å². The molecule has 4 aliphatic rings. The topological polar surface area (TPSA) is 154 Å². The van der Waals surface area contributed by atoms with Crippen LogP contribution in [0.2, 0.25) is 0 Å². The number of hydrogen-bond acceptors (Lipinski definition) is 12. The van der Waals surface area contributed by atoms with Crippen molar-refractivity contribution in [3.63, 3.8) is 0 Å². The lowest BCUT2D eigenvalue weighted by atomic mass is 9.99. The van der Waals surface area contributed by atoms with Gasteiger partial charge in [0.15, 0.2) is 0 Å². The van der Waals surface area contributed by atoms with Gasteiger partial charge in [-0.15, -0.1) is 0 Å². The first kappa shape index (κ1) is 39.2. The summed E-state index contributed by atoms with van der Waals surface area (Å²) in [6.45, 7) is 8.77. The molecule has 10 rings (SSSR count). The predicted octanol–water partition coefficient (Wildman–Crippen LogP) is 5.59. The standard InChI is InChI=1S/C20H23N5O2S.C15H20N4.C5H4ClNO2S/c26-28(27,17-6-3-8-21-13-17)25-15-19(20-18(25)7-4-9-22-20)24-12-11-23-10-2-1-5-16(23)14-24;1-2-7-18-8-9-19(11-12(18)4-1)14-10-17-13-5-3-6-16-15(13)14;6-10(8,9)5-2-1-3-7-4-5/h3-4,6-9,13,15-16H,1-2,5,10-12,14H2;3,5-6,10,12,17H,1-2,4,7-9,11H2;1-4H. The third kappa shape index (κ3) is 8.65. The number of nitrogens with one attached hydrogen (secondary N) is 1. The van der Waals surface area contributed by atoms with Gasteiger partial charge in [0.25, 0.3) is 19.1 Å². The number of piperazine rings is 2.